The van der Waals surface area contributed by atoms with Gasteiger partial charge in [-0.3, -0.25) is 33.7 Å². The average molecular weight is 1670 g/mol. The zero-order valence-corrected chi connectivity index (χ0v) is 66.0. The van der Waals surface area contributed by atoms with E-state index in [0.717, 1.165) is 0 Å². The standard InChI is InChI=1S/C69H112N18O30/c1-39(91)63-64(105-6)62(102)55(73-43(5)95)69(117-63)113-26-22-109-18-14-87-35-48(77-81-87)31-83(30-47-34-86(80-76-47)13-17-108-21-25-112-68-54(72-42(4)94)61(101)58(98)51(38-90)116-68)27-44(65(103)104)9-7-8-10-82(28-45-32-84(78-74-45)11-15-106-19-23-110-66-52(70-40(2)92)59(99)56(96)49(36-88)114-66)29-46-33-85(79-75-46)12-16-107-20-24-111-67-53(71-41(3)93)60(100)57(97)50(37-89)115-67/h27,32-35,39,44,49-60,62-64,66-69,88-91,96-100,102H,7-26,28-31,36-38H2,1-6H3,(H4-,70,71,72,73,92,93,94,95,103,104)/p+1. The lowest BCUT2D eigenvalue weighted by atomic mass is 9.94. The molecule has 21 atom stereocenters. The van der Waals surface area contributed by atoms with Crippen LogP contribution in [0.4, 0.5) is 0 Å². The zero-order valence-electron chi connectivity index (χ0n) is 66.0. The van der Waals surface area contributed by atoms with Gasteiger partial charge in [0.05, 0.1) is 155 Å². The van der Waals surface area contributed by atoms with Crippen molar-refractivity contribution in [3.05, 3.63) is 47.6 Å². The Kier molecular flexibility index (Phi) is 39.3. The Morgan fingerprint density at radius 1 is 0.513 bits per heavy atom. The molecule has 15 N–H and O–H groups in total. The molecular formula is C69H113N18O30+. The predicted molar refractivity (Wildman–Crippen MR) is 390 cm³/mol. The number of amides is 4. The third-order valence-electron chi connectivity index (χ3n) is 19.0. The summed E-state index contributed by atoms with van der Waals surface area (Å²) in [6.45, 7) is 6.99. The summed E-state index contributed by atoms with van der Waals surface area (Å²) in [7, 11) is 1.35. The Balaban J connectivity index is 0.898. The molecule has 4 aliphatic rings. The highest BCUT2D eigenvalue weighted by atomic mass is 16.7. The largest absolute Gasteiger partial charge is 0.481 e. The second-order valence-electron chi connectivity index (χ2n) is 28.3. The summed E-state index contributed by atoms with van der Waals surface area (Å²) in [5, 5.41) is 158. The number of unbranched alkanes of at least 4 members (excludes halogenated alkanes) is 1. The lowest BCUT2D eigenvalue weighted by Gasteiger charge is -2.44. The number of carbonyl (C=O) groups excluding carboxylic acids is 5. The molecule has 4 aliphatic heterocycles. The highest BCUT2D eigenvalue weighted by Gasteiger charge is 2.50. The highest BCUT2D eigenvalue weighted by molar-refractivity contribution is 5.93. The van der Waals surface area contributed by atoms with Crippen LogP contribution in [0.15, 0.2) is 24.8 Å². The smallest absolute Gasteiger partial charge is 0.316 e. The fourth-order valence-corrected chi connectivity index (χ4v) is 13.2. The van der Waals surface area contributed by atoms with Gasteiger partial charge < -0.3 is 139 Å². The van der Waals surface area contributed by atoms with E-state index >= 15 is 0 Å². The van der Waals surface area contributed by atoms with Crippen LogP contribution in [-0.4, -0.2) is 403 Å². The van der Waals surface area contributed by atoms with Gasteiger partial charge >= 0.3 is 5.97 Å². The number of carbonyl (C=O) groups is 6. The monoisotopic (exact) mass is 1670 g/mol. The number of aliphatic hydroxyl groups is 10. The van der Waals surface area contributed by atoms with Crippen LogP contribution in [0.25, 0.3) is 0 Å². The third kappa shape index (κ3) is 29.6. The van der Waals surface area contributed by atoms with Crippen LogP contribution in [0, 0.1) is 5.92 Å². The molecule has 4 aromatic rings. The van der Waals surface area contributed by atoms with Gasteiger partial charge in [-0.2, -0.15) is 0 Å². The molecule has 0 saturated carbocycles. The van der Waals surface area contributed by atoms with E-state index in [0.29, 0.717) is 42.2 Å². The zero-order chi connectivity index (χ0) is 84.7. The lowest BCUT2D eigenvalue weighted by molar-refractivity contribution is -0.558. The number of carboxylic acids is 1. The van der Waals surface area contributed by atoms with Crippen molar-refractivity contribution in [2.45, 2.75) is 229 Å². The molecule has 4 aromatic heterocycles. The SMILES string of the molecule is COC1C(O)C(NC(C)=O)C(OCCOCCn2cc(C[N+](=CC(CCCCN(Cc3cn(CCOCCOC4OC(CO)C(O)C(O)C4NC(C)=O)nn3)Cc3cn(CCOCCOC4OC(CO)C(O)C(O)C4NC(C)=O)nn3)C(=O)O)Cc3cn(CCOCCOC4OC(CO)C(O)C(=O)C4NC(C)=O)nn3)nn2)OC1C(C)O. The number of hydrogen-bond donors (Lipinski definition) is 15. The molecule has 0 aromatic carbocycles. The van der Waals surface area contributed by atoms with Gasteiger partial charge in [0.1, 0.15) is 109 Å². The molecule has 8 rings (SSSR count). The van der Waals surface area contributed by atoms with Crippen molar-refractivity contribution in [3.63, 3.8) is 0 Å². The van der Waals surface area contributed by atoms with Crippen molar-refractivity contribution >= 4 is 41.6 Å². The van der Waals surface area contributed by atoms with E-state index in [1.165, 1.54) is 46.4 Å². The summed E-state index contributed by atoms with van der Waals surface area (Å²) in [5.74, 6) is -4.95. The first-order chi connectivity index (χ1) is 56.2. The van der Waals surface area contributed by atoms with Crippen LogP contribution in [0.2, 0.25) is 0 Å². The molecule has 0 aliphatic carbocycles. The fraction of sp³-hybridized carbons (Fsp3) is 0.783. The van der Waals surface area contributed by atoms with Gasteiger partial charge in [-0.15, -0.1) is 20.4 Å². The predicted octanol–water partition coefficient (Wildman–Crippen LogP) is -9.43. The maximum Gasteiger partial charge on any atom is 0.316 e. The summed E-state index contributed by atoms with van der Waals surface area (Å²) in [4.78, 5) is 75.9. The van der Waals surface area contributed by atoms with E-state index in [-0.39, 0.29) is 138 Å². The number of nitrogens with zero attached hydrogens (tertiary/aromatic N) is 14. The van der Waals surface area contributed by atoms with Gasteiger partial charge in [0.2, 0.25) is 23.6 Å². The molecule has 0 radical (unpaired) electrons. The van der Waals surface area contributed by atoms with Gasteiger partial charge in [-0.05, 0) is 26.3 Å². The topological polar surface area (TPSA) is 622 Å². The molecule has 4 amide bonds. The van der Waals surface area contributed by atoms with Crippen LogP contribution in [0.1, 0.15) is 76.7 Å². The number of aliphatic hydroxyl groups excluding tert-OH is 10. The summed E-state index contributed by atoms with van der Waals surface area (Å²) in [5.41, 5.74) is 2.04. The van der Waals surface area contributed by atoms with E-state index in [2.05, 4.69) is 62.5 Å². The molecule has 4 fully saturated rings. The van der Waals surface area contributed by atoms with Crippen molar-refractivity contribution in [2.75, 3.05) is 113 Å². The van der Waals surface area contributed by atoms with Crippen molar-refractivity contribution < 1.29 is 151 Å². The molecule has 117 heavy (non-hydrogen) atoms. The van der Waals surface area contributed by atoms with E-state index in [4.69, 9.17) is 61.6 Å². The van der Waals surface area contributed by atoms with Crippen molar-refractivity contribution in [1.29, 1.82) is 0 Å². The van der Waals surface area contributed by atoms with Crippen molar-refractivity contribution in [2.24, 2.45) is 5.92 Å². The van der Waals surface area contributed by atoms with E-state index < -0.39 is 184 Å². The molecule has 0 bridgehead atoms. The summed E-state index contributed by atoms with van der Waals surface area (Å²) in [6, 6.07) is -4.60. The number of Topliss-reactive ketones (excluding diaryl/α,β-unsaturated/α-hetero) is 1. The van der Waals surface area contributed by atoms with Crippen molar-refractivity contribution in [1.82, 2.24) is 86.1 Å². The van der Waals surface area contributed by atoms with Gasteiger partial charge in [0.25, 0.3) is 0 Å². The molecule has 48 heteroatoms. The number of methoxy groups -OCH3 is 1. The maximum atomic E-state index is 13.3. The molecule has 0 spiro atoms. The van der Waals surface area contributed by atoms with Crippen molar-refractivity contribution in [3.8, 4) is 0 Å². The second-order valence-corrected chi connectivity index (χ2v) is 28.3. The van der Waals surface area contributed by atoms with Crippen LogP contribution in [0.3, 0.4) is 0 Å². The van der Waals surface area contributed by atoms with Crippen LogP contribution >= 0.6 is 0 Å². The van der Waals surface area contributed by atoms with Crippen LogP contribution in [-0.2, 0) is 143 Å². The van der Waals surface area contributed by atoms with Gasteiger partial charge in [-0.25, -0.2) is 23.3 Å². The Bertz CT molecular complexity index is 3590. The summed E-state index contributed by atoms with van der Waals surface area (Å²) >= 11 is 0. The first-order valence-electron chi connectivity index (χ1n) is 38.4. The number of nitrogens with one attached hydrogen (secondary N) is 4. The molecular weight excluding hydrogens is 1560 g/mol. The molecule has 4 saturated heterocycles. The van der Waals surface area contributed by atoms with E-state index in [1.54, 1.807) is 49.6 Å². The maximum absolute atomic E-state index is 13.3. The van der Waals surface area contributed by atoms with Gasteiger partial charge in [0.15, 0.2) is 50.2 Å². The number of ketones is 1. The molecule has 658 valence electrons. The third-order valence-corrected chi connectivity index (χ3v) is 19.0. The minimum atomic E-state index is -1.68. The summed E-state index contributed by atoms with van der Waals surface area (Å²) in [6.07, 6.45) is -10.8. The van der Waals surface area contributed by atoms with Crippen LogP contribution in [0.5, 0.6) is 0 Å². The molecule has 48 nitrogen and oxygen atoms in total. The number of ether oxygens (including phenoxy) is 13. The minimum absolute atomic E-state index is 0.000926. The first-order valence-corrected chi connectivity index (χ1v) is 38.4. The van der Waals surface area contributed by atoms with Gasteiger partial charge in [0, 0.05) is 60.3 Å². The Hall–Kier alpha value is -7.71. The summed E-state index contributed by atoms with van der Waals surface area (Å²) < 4.78 is 82.4. The normalized spacial score (nSPS) is 27.6. The Morgan fingerprint density at radius 2 is 0.889 bits per heavy atom. The Morgan fingerprint density at radius 3 is 1.27 bits per heavy atom. The average Bonchev–Trinajstić information content (AvgIpc) is 1.75. The molecule has 8 heterocycles. The number of hydrogen-bond acceptors (Lipinski definition) is 38. The highest BCUT2D eigenvalue weighted by Crippen LogP contribution is 2.28. The Labute approximate surface area is 671 Å². The van der Waals surface area contributed by atoms with E-state index in [9.17, 15) is 84.9 Å². The minimum Gasteiger partial charge on any atom is -0.481 e. The number of aromatic nitrogens is 12. The fourth-order valence-electron chi connectivity index (χ4n) is 13.2. The number of aliphatic carboxylic acids is 1. The molecule has 21 unspecified atom stereocenters. The lowest BCUT2D eigenvalue weighted by Crippen LogP contribution is -2.66. The second kappa shape index (κ2) is 48.5. The van der Waals surface area contributed by atoms with E-state index in [1.807, 2.05) is 4.90 Å². The first kappa shape index (κ1) is 94.8. The quantitative estimate of drug-likeness (QED) is 0.0111. The number of carboxylic acid groups (broad SMARTS) is 1. The number of rotatable bonds is 52. The van der Waals surface area contributed by atoms with Crippen LogP contribution < -0.4 is 21.3 Å². The van der Waals surface area contributed by atoms with Gasteiger partial charge in [-0.1, -0.05) is 27.3 Å².